The van der Waals surface area contributed by atoms with Gasteiger partial charge in [0.25, 0.3) is 5.91 Å². The number of hydrogen-bond acceptors (Lipinski definition) is 4. The summed E-state index contributed by atoms with van der Waals surface area (Å²) >= 11 is 0. The van der Waals surface area contributed by atoms with Crippen LogP contribution in [0.3, 0.4) is 0 Å². The van der Waals surface area contributed by atoms with Crippen molar-refractivity contribution in [2.24, 2.45) is 0 Å². The van der Waals surface area contributed by atoms with Crippen LogP contribution in [0.1, 0.15) is 29.8 Å². The molecule has 0 atom stereocenters. The van der Waals surface area contributed by atoms with Gasteiger partial charge in [0.2, 0.25) is 5.88 Å². The van der Waals surface area contributed by atoms with Gasteiger partial charge in [-0.2, -0.15) is 0 Å². The molecule has 1 aromatic heterocycles. The van der Waals surface area contributed by atoms with Crippen molar-refractivity contribution in [3.05, 3.63) is 35.4 Å². The Morgan fingerprint density at radius 1 is 1.37 bits per heavy atom. The average Bonchev–Trinajstić information content (AvgIpc) is 2.94. The minimum Gasteiger partial charge on any atom is -0.368 e. The normalized spacial score (nSPS) is 14.3. The van der Waals surface area contributed by atoms with Crippen molar-refractivity contribution in [1.29, 1.82) is 0 Å². The third-order valence-corrected chi connectivity index (χ3v) is 3.39. The summed E-state index contributed by atoms with van der Waals surface area (Å²) in [5.74, 6) is 0.342. The Morgan fingerprint density at radius 2 is 2.16 bits per heavy atom. The Hall–Kier alpha value is -2.30. The van der Waals surface area contributed by atoms with Crippen LogP contribution in [0.2, 0.25) is 0 Å². The van der Waals surface area contributed by atoms with E-state index in [1.54, 1.807) is 6.07 Å². The van der Waals surface area contributed by atoms with Crippen molar-refractivity contribution in [3.8, 4) is 11.3 Å². The number of rotatable bonds is 2. The smallest absolute Gasteiger partial charge is 0.254 e. The van der Waals surface area contributed by atoms with Crippen molar-refractivity contribution in [3.63, 3.8) is 0 Å². The first-order chi connectivity index (χ1) is 9.06. The molecule has 0 radical (unpaired) electrons. The minimum absolute atomic E-state index is 0.0725. The molecule has 5 heteroatoms. The molecule has 98 valence electrons. The molecule has 2 N–H and O–H groups in total. The van der Waals surface area contributed by atoms with E-state index >= 15 is 0 Å². The van der Waals surface area contributed by atoms with E-state index in [0.29, 0.717) is 12.2 Å². The van der Waals surface area contributed by atoms with Crippen LogP contribution >= 0.6 is 0 Å². The van der Waals surface area contributed by atoms with Crippen LogP contribution in [-0.4, -0.2) is 22.0 Å². The number of fused-ring (bicyclic) bond motifs is 1. The quantitative estimate of drug-likeness (QED) is 0.895. The number of benzene rings is 1. The fourth-order valence-electron chi connectivity index (χ4n) is 2.33. The number of carbonyl (C=O) groups excluding carboxylic acids is 1. The van der Waals surface area contributed by atoms with Crippen LogP contribution in [0.4, 0.5) is 5.88 Å². The number of nitrogen functional groups attached to an aromatic ring is 1. The zero-order chi connectivity index (χ0) is 13.6. The van der Waals surface area contributed by atoms with Gasteiger partial charge in [-0.25, -0.2) is 0 Å². The fraction of sp³-hybridized carbons (Fsp3) is 0.286. The number of nitrogens with zero attached hydrogens (tertiary/aromatic N) is 2. The largest absolute Gasteiger partial charge is 0.368 e. The van der Waals surface area contributed by atoms with Gasteiger partial charge in [-0.05, 0) is 25.5 Å². The summed E-state index contributed by atoms with van der Waals surface area (Å²) in [6.45, 7) is 4.71. The van der Waals surface area contributed by atoms with E-state index in [1.165, 1.54) is 0 Å². The molecule has 3 rings (SSSR count). The van der Waals surface area contributed by atoms with Gasteiger partial charge in [-0.15, -0.1) is 0 Å². The Morgan fingerprint density at radius 3 is 2.79 bits per heavy atom. The summed E-state index contributed by atoms with van der Waals surface area (Å²) in [5, 5.41) is 3.87. The molecule has 2 aromatic rings. The summed E-state index contributed by atoms with van der Waals surface area (Å²) in [7, 11) is 0. The lowest BCUT2D eigenvalue weighted by Crippen LogP contribution is -2.30. The first kappa shape index (κ1) is 11.8. The third kappa shape index (κ3) is 1.87. The molecule has 0 bridgehead atoms. The predicted octanol–water partition coefficient (Wildman–Crippen LogP) is 2.29. The molecular weight excluding hydrogens is 242 g/mol. The molecule has 5 nitrogen and oxygen atoms in total. The summed E-state index contributed by atoms with van der Waals surface area (Å²) in [4.78, 5) is 14.1. The number of nitrogens with two attached hydrogens (primary N) is 1. The Kier molecular flexibility index (Phi) is 2.55. The molecule has 0 fully saturated rings. The molecule has 0 spiro atoms. The van der Waals surface area contributed by atoms with Crippen LogP contribution < -0.4 is 5.73 Å². The SMILES string of the molecule is CC(C)N1Cc2ccc(-c3cc(N)on3)cc2C1=O. The van der Waals surface area contributed by atoms with E-state index in [4.69, 9.17) is 10.3 Å². The van der Waals surface area contributed by atoms with Crippen molar-refractivity contribution >= 4 is 11.8 Å². The van der Waals surface area contributed by atoms with E-state index in [2.05, 4.69) is 5.16 Å². The van der Waals surface area contributed by atoms with E-state index in [9.17, 15) is 4.79 Å². The second kappa shape index (κ2) is 4.12. The summed E-state index contributed by atoms with van der Waals surface area (Å²) in [6, 6.07) is 7.62. The van der Waals surface area contributed by atoms with Crippen LogP contribution in [-0.2, 0) is 6.54 Å². The summed E-state index contributed by atoms with van der Waals surface area (Å²) < 4.78 is 4.86. The van der Waals surface area contributed by atoms with E-state index in [-0.39, 0.29) is 17.8 Å². The second-order valence-corrected chi connectivity index (χ2v) is 5.01. The van der Waals surface area contributed by atoms with Crippen molar-refractivity contribution in [2.45, 2.75) is 26.4 Å². The zero-order valence-electron chi connectivity index (χ0n) is 10.9. The molecule has 1 aliphatic heterocycles. The van der Waals surface area contributed by atoms with Crippen LogP contribution in [0, 0.1) is 0 Å². The first-order valence-electron chi connectivity index (χ1n) is 6.22. The second-order valence-electron chi connectivity index (χ2n) is 5.01. The lowest BCUT2D eigenvalue weighted by Gasteiger charge is -2.19. The minimum atomic E-state index is 0.0725. The van der Waals surface area contributed by atoms with E-state index < -0.39 is 0 Å². The Labute approximate surface area is 111 Å². The van der Waals surface area contributed by atoms with Crippen molar-refractivity contribution in [2.75, 3.05) is 5.73 Å². The monoisotopic (exact) mass is 257 g/mol. The highest BCUT2D eigenvalue weighted by molar-refractivity contribution is 5.99. The average molecular weight is 257 g/mol. The standard InChI is InChI=1S/C14H15N3O2/c1-8(2)17-7-10-4-3-9(5-11(10)14(17)18)12-6-13(15)19-16-12/h3-6,8H,7,15H2,1-2H3. The van der Waals surface area contributed by atoms with E-state index in [1.807, 2.05) is 36.9 Å². The zero-order valence-corrected chi connectivity index (χ0v) is 10.9. The van der Waals surface area contributed by atoms with Gasteiger partial charge in [0.15, 0.2) is 0 Å². The molecule has 1 aromatic carbocycles. The van der Waals surface area contributed by atoms with Gasteiger partial charge in [0.1, 0.15) is 5.69 Å². The highest BCUT2D eigenvalue weighted by Gasteiger charge is 2.29. The maximum absolute atomic E-state index is 12.3. The van der Waals surface area contributed by atoms with Crippen LogP contribution in [0.25, 0.3) is 11.3 Å². The van der Waals surface area contributed by atoms with Gasteiger partial charge < -0.3 is 15.2 Å². The maximum atomic E-state index is 12.3. The lowest BCUT2D eigenvalue weighted by molar-refractivity contribution is 0.0730. The topological polar surface area (TPSA) is 72.4 Å². The first-order valence-corrected chi connectivity index (χ1v) is 6.22. The van der Waals surface area contributed by atoms with E-state index in [0.717, 1.165) is 16.7 Å². The van der Waals surface area contributed by atoms with Crippen molar-refractivity contribution < 1.29 is 9.32 Å². The summed E-state index contributed by atoms with van der Waals surface area (Å²) in [6.07, 6.45) is 0. The summed E-state index contributed by atoms with van der Waals surface area (Å²) in [5.41, 5.74) is 8.81. The molecule has 0 aliphatic carbocycles. The van der Waals surface area contributed by atoms with Crippen molar-refractivity contribution in [1.82, 2.24) is 10.1 Å². The highest BCUT2D eigenvalue weighted by atomic mass is 16.5. The fourth-order valence-corrected chi connectivity index (χ4v) is 2.33. The van der Waals surface area contributed by atoms with Crippen LogP contribution in [0.15, 0.2) is 28.8 Å². The van der Waals surface area contributed by atoms with Gasteiger partial charge in [0.05, 0.1) is 0 Å². The molecule has 2 heterocycles. The van der Waals surface area contributed by atoms with Crippen LogP contribution in [0.5, 0.6) is 0 Å². The molecule has 0 unspecified atom stereocenters. The number of anilines is 1. The van der Waals surface area contributed by atoms with Gasteiger partial charge in [-0.1, -0.05) is 17.3 Å². The molecule has 1 amide bonds. The molecule has 19 heavy (non-hydrogen) atoms. The van der Waals surface area contributed by atoms with Gasteiger partial charge in [0, 0.05) is 29.8 Å². The number of carbonyl (C=O) groups is 1. The molecule has 0 saturated heterocycles. The number of amides is 1. The Balaban J connectivity index is 2.01. The van der Waals surface area contributed by atoms with Gasteiger partial charge >= 0.3 is 0 Å². The number of hydrogen-bond donors (Lipinski definition) is 1. The lowest BCUT2D eigenvalue weighted by atomic mass is 10.0. The molecule has 0 saturated carbocycles. The highest BCUT2D eigenvalue weighted by Crippen LogP contribution is 2.29. The van der Waals surface area contributed by atoms with Gasteiger partial charge in [-0.3, -0.25) is 4.79 Å². The third-order valence-electron chi connectivity index (χ3n) is 3.39. The molecular formula is C14H15N3O2. The number of aromatic nitrogens is 1. The maximum Gasteiger partial charge on any atom is 0.254 e. The molecule has 1 aliphatic rings. The predicted molar refractivity (Wildman–Crippen MR) is 71.4 cm³/mol. The Bertz CT molecular complexity index is 646.